The smallest absolute Gasteiger partial charge is 0.315 e. The lowest BCUT2D eigenvalue weighted by Gasteiger charge is -2.30. The number of carbonyl (C=O) groups excluding carboxylic acids is 4. The number of hydrogen-bond donors (Lipinski definition) is 5. The van der Waals surface area contributed by atoms with E-state index >= 15 is 0 Å². The van der Waals surface area contributed by atoms with Crippen LogP contribution in [0.4, 0.5) is 15.1 Å². The number of thiophene rings is 1. The molecule has 14 nitrogen and oxygen atoms in total. The number of hydrogen-bond acceptors (Lipinski definition) is 10. The van der Waals surface area contributed by atoms with Gasteiger partial charge in [-0.2, -0.15) is 5.10 Å². The van der Waals surface area contributed by atoms with Crippen LogP contribution in [0.25, 0.3) is 11.3 Å². The molecule has 0 bridgehead atoms. The average molecular weight is 749 g/mol. The first-order valence-electron chi connectivity index (χ1n) is 19.0. The van der Waals surface area contributed by atoms with Gasteiger partial charge < -0.3 is 26.2 Å². The van der Waals surface area contributed by atoms with Gasteiger partial charge in [0.1, 0.15) is 11.7 Å². The molecule has 2 aliphatic heterocycles. The summed E-state index contributed by atoms with van der Waals surface area (Å²) in [7, 11) is 1.91. The maximum atomic E-state index is 14.8. The second-order valence-electron chi connectivity index (χ2n) is 14.8. The van der Waals surface area contributed by atoms with Crippen LogP contribution in [0.1, 0.15) is 103 Å². The second kappa shape index (κ2) is 16.7. The lowest BCUT2D eigenvalue weighted by atomic mass is 9.91. The van der Waals surface area contributed by atoms with Crippen molar-refractivity contribution in [3.63, 3.8) is 0 Å². The van der Waals surface area contributed by atoms with Crippen LogP contribution in [0.2, 0.25) is 0 Å². The summed E-state index contributed by atoms with van der Waals surface area (Å²) in [6.45, 7) is 2.22. The molecule has 284 valence electrons. The topological polar surface area (TPSA) is 175 Å². The van der Waals surface area contributed by atoms with E-state index in [9.17, 15) is 23.6 Å². The SMILES string of the molecule is Cn1ncc(-c2nc(N[C@H]3CC[C@H](NCCCCCCNC(=O)NCc4cc5c(s4)C(=O)N(C4CCC(=O)NC4=O)C5)CC3)ncc2F)c1CC1CC1. The maximum Gasteiger partial charge on any atom is 0.315 e. The molecule has 3 aromatic heterocycles. The fourth-order valence-corrected chi connectivity index (χ4v) is 8.65. The van der Waals surface area contributed by atoms with Crippen LogP contribution in [-0.2, 0) is 36.1 Å². The van der Waals surface area contributed by atoms with Crippen molar-refractivity contribution in [2.75, 3.05) is 18.4 Å². The molecule has 3 fully saturated rings. The van der Waals surface area contributed by atoms with Gasteiger partial charge in [-0.25, -0.2) is 19.2 Å². The van der Waals surface area contributed by atoms with E-state index in [0.717, 1.165) is 86.0 Å². The number of amides is 5. The van der Waals surface area contributed by atoms with Crippen molar-refractivity contribution < 1.29 is 23.6 Å². The quantitative estimate of drug-likeness (QED) is 0.106. The zero-order valence-electron chi connectivity index (χ0n) is 30.2. The number of halogens is 1. The highest BCUT2D eigenvalue weighted by atomic mass is 32.1. The molecule has 7 rings (SSSR count). The number of carbonyl (C=O) groups is 4. The molecule has 16 heteroatoms. The number of imide groups is 1. The van der Waals surface area contributed by atoms with Crippen LogP contribution in [-0.4, -0.2) is 79.6 Å². The van der Waals surface area contributed by atoms with Crippen molar-refractivity contribution in [1.29, 1.82) is 0 Å². The van der Waals surface area contributed by atoms with Crippen molar-refractivity contribution in [2.24, 2.45) is 13.0 Å². The summed E-state index contributed by atoms with van der Waals surface area (Å²) >= 11 is 1.33. The third kappa shape index (κ3) is 9.21. The van der Waals surface area contributed by atoms with Crippen molar-refractivity contribution in [3.05, 3.63) is 45.3 Å². The van der Waals surface area contributed by atoms with E-state index in [1.807, 2.05) is 17.8 Å². The minimum atomic E-state index is -0.623. The van der Waals surface area contributed by atoms with E-state index < -0.39 is 17.8 Å². The number of fused-ring (bicyclic) bond motifs is 1. The van der Waals surface area contributed by atoms with Crippen LogP contribution in [0.3, 0.4) is 0 Å². The Bertz CT molecular complexity index is 1820. The third-order valence-electron chi connectivity index (χ3n) is 10.8. The van der Waals surface area contributed by atoms with Gasteiger partial charge in [0, 0.05) is 54.8 Å². The highest BCUT2D eigenvalue weighted by Crippen LogP contribution is 2.36. The molecule has 2 saturated carbocycles. The normalized spacial score (nSPS) is 21.4. The highest BCUT2D eigenvalue weighted by molar-refractivity contribution is 7.14. The van der Waals surface area contributed by atoms with Crippen molar-refractivity contribution >= 4 is 41.0 Å². The summed E-state index contributed by atoms with van der Waals surface area (Å²) in [4.78, 5) is 60.8. The molecule has 1 saturated heterocycles. The van der Waals surface area contributed by atoms with Gasteiger partial charge in [0.25, 0.3) is 5.91 Å². The van der Waals surface area contributed by atoms with Gasteiger partial charge in [-0.1, -0.05) is 12.8 Å². The lowest BCUT2D eigenvalue weighted by Crippen LogP contribution is -2.52. The average Bonchev–Trinajstić information content (AvgIpc) is 3.66. The molecular weight excluding hydrogens is 700 g/mol. The fourth-order valence-electron chi connectivity index (χ4n) is 7.58. The van der Waals surface area contributed by atoms with Crippen molar-refractivity contribution in [3.8, 4) is 11.3 Å². The number of anilines is 1. The number of piperidine rings is 1. The predicted octanol–water partition coefficient (Wildman–Crippen LogP) is 4.16. The number of unbranched alkanes of at least 4 members (excludes halogenated alkanes) is 3. The Balaban J connectivity index is 0.726. The van der Waals surface area contributed by atoms with Crippen molar-refractivity contribution in [1.82, 2.24) is 45.9 Å². The Kier molecular flexibility index (Phi) is 11.6. The predicted molar refractivity (Wildman–Crippen MR) is 197 cm³/mol. The molecule has 0 radical (unpaired) electrons. The van der Waals surface area contributed by atoms with E-state index in [2.05, 4.69) is 41.7 Å². The van der Waals surface area contributed by atoms with E-state index in [1.165, 1.54) is 35.3 Å². The Morgan fingerprint density at radius 1 is 0.981 bits per heavy atom. The number of urea groups is 1. The van der Waals surface area contributed by atoms with E-state index in [-0.39, 0.29) is 30.3 Å². The summed E-state index contributed by atoms with van der Waals surface area (Å²) in [5.41, 5.74) is 2.96. The third-order valence-corrected chi connectivity index (χ3v) is 12.0. The van der Waals surface area contributed by atoms with E-state index in [0.29, 0.717) is 54.5 Å². The molecule has 2 aliphatic carbocycles. The van der Waals surface area contributed by atoms with E-state index in [4.69, 9.17) is 0 Å². The molecule has 4 aliphatic rings. The Morgan fingerprint density at radius 2 is 1.75 bits per heavy atom. The zero-order valence-corrected chi connectivity index (χ0v) is 31.0. The van der Waals surface area contributed by atoms with Gasteiger partial charge in [0.15, 0.2) is 5.82 Å². The van der Waals surface area contributed by atoms with Gasteiger partial charge in [-0.3, -0.25) is 24.4 Å². The summed E-state index contributed by atoms with van der Waals surface area (Å²) in [6, 6.07) is 1.79. The first-order valence-corrected chi connectivity index (χ1v) is 19.8. The zero-order chi connectivity index (χ0) is 36.9. The Hall–Kier alpha value is -4.44. The molecular formula is C37H49FN10O4S. The minimum absolute atomic E-state index is 0.197. The molecule has 5 N–H and O–H groups in total. The van der Waals surface area contributed by atoms with E-state index in [1.54, 1.807) is 6.20 Å². The first kappa shape index (κ1) is 36.9. The number of rotatable bonds is 16. The minimum Gasteiger partial charge on any atom is -0.351 e. The second-order valence-corrected chi connectivity index (χ2v) is 15.9. The van der Waals surface area contributed by atoms with Crippen LogP contribution in [0, 0.1) is 11.7 Å². The van der Waals surface area contributed by atoms with Crippen molar-refractivity contribution in [2.45, 2.75) is 115 Å². The molecule has 0 spiro atoms. The molecule has 5 heterocycles. The van der Waals surface area contributed by atoms with Gasteiger partial charge in [0.2, 0.25) is 17.8 Å². The highest BCUT2D eigenvalue weighted by Gasteiger charge is 2.40. The van der Waals surface area contributed by atoms with Crippen LogP contribution in [0.15, 0.2) is 18.5 Å². The number of aromatic nitrogens is 4. The maximum absolute atomic E-state index is 14.8. The number of nitrogens with zero attached hydrogens (tertiary/aromatic N) is 5. The monoisotopic (exact) mass is 748 g/mol. The number of nitrogens with one attached hydrogen (secondary N) is 5. The van der Waals surface area contributed by atoms with Crippen LogP contribution in [0.5, 0.6) is 0 Å². The summed E-state index contributed by atoms with van der Waals surface area (Å²) in [6.07, 6.45) is 15.1. The summed E-state index contributed by atoms with van der Waals surface area (Å²) in [5.74, 6) is -0.216. The molecule has 1 unspecified atom stereocenters. The van der Waals surface area contributed by atoms with Gasteiger partial charge in [0.05, 0.1) is 23.8 Å². The molecule has 5 amide bonds. The van der Waals surface area contributed by atoms with Crippen LogP contribution < -0.4 is 26.6 Å². The molecule has 1 atom stereocenters. The lowest BCUT2D eigenvalue weighted by molar-refractivity contribution is -0.136. The van der Waals surface area contributed by atoms with Gasteiger partial charge in [-0.05, 0) is 88.3 Å². The van der Waals surface area contributed by atoms with Gasteiger partial charge in [-0.15, -0.1) is 11.3 Å². The Labute approximate surface area is 312 Å². The summed E-state index contributed by atoms with van der Waals surface area (Å²) < 4.78 is 16.7. The number of aryl methyl sites for hydroxylation is 1. The molecule has 53 heavy (non-hydrogen) atoms. The molecule has 0 aromatic carbocycles. The van der Waals surface area contributed by atoms with Gasteiger partial charge >= 0.3 is 6.03 Å². The van der Waals surface area contributed by atoms with Crippen LogP contribution >= 0.6 is 11.3 Å². The first-order chi connectivity index (χ1) is 25.7. The Morgan fingerprint density at radius 3 is 2.51 bits per heavy atom. The standard InChI is InChI=1S/C37H49FN10O4S/c1-47-30(16-22-6-7-22)27(19-43-47)32-28(38)20-41-36(46-32)44-25-10-8-24(9-11-25)39-14-4-2-3-5-15-40-37(52)42-18-26-17-23-21-48(35(51)33(23)53-26)29-12-13-31(49)45-34(29)50/h17,19-20,22,24-25,29,39H,2-16,18,21H2,1H3,(H2,40,42,52)(H,41,44,46)(H,45,49,50)/t24-,25-,29?. The largest absolute Gasteiger partial charge is 0.351 e. The fraction of sp³-hybridized carbons (Fsp3) is 0.595. The molecule has 3 aromatic rings. The summed E-state index contributed by atoms with van der Waals surface area (Å²) in [5, 5.41) is 19.6.